The van der Waals surface area contributed by atoms with Gasteiger partial charge in [-0.2, -0.15) is 0 Å². The molecular formula is C14H22N2. The molecule has 2 rings (SSSR count). The molecule has 1 aliphatic heterocycles. The zero-order chi connectivity index (χ0) is 11.5. The topological polar surface area (TPSA) is 15.3 Å². The first-order valence-electron chi connectivity index (χ1n) is 6.18. The smallest absolute Gasteiger partial charge is 0.0437 e. The molecule has 1 fully saturated rings. The summed E-state index contributed by atoms with van der Waals surface area (Å²) in [6.07, 6.45) is 1.28. The van der Waals surface area contributed by atoms with Crippen LogP contribution in [0.25, 0.3) is 0 Å². The quantitative estimate of drug-likeness (QED) is 0.820. The molecule has 0 bridgehead atoms. The fraction of sp³-hybridized carbons (Fsp3) is 0.571. The van der Waals surface area contributed by atoms with Gasteiger partial charge in [-0.15, -0.1) is 0 Å². The minimum absolute atomic E-state index is 0.621. The molecule has 0 spiro atoms. The van der Waals surface area contributed by atoms with Gasteiger partial charge in [0.1, 0.15) is 0 Å². The molecule has 0 radical (unpaired) electrons. The second-order valence-electron chi connectivity index (χ2n) is 4.99. The molecule has 88 valence electrons. The summed E-state index contributed by atoms with van der Waals surface area (Å²) < 4.78 is 0. The first-order chi connectivity index (χ1) is 7.68. The third kappa shape index (κ3) is 2.38. The molecule has 0 saturated carbocycles. The molecule has 2 nitrogen and oxygen atoms in total. The van der Waals surface area contributed by atoms with Crippen LogP contribution in [-0.2, 0) is 0 Å². The van der Waals surface area contributed by atoms with Crippen LogP contribution in [0.2, 0.25) is 0 Å². The molecular weight excluding hydrogens is 196 g/mol. The number of benzene rings is 1. The molecule has 0 aliphatic carbocycles. The molecule has 1 heterocycles. The molecule has 0 amide bonds. The van der Waals surface area contributed by atoms with Crippen LogP contribution in [0.3, 0.4) is 0 Å². The first kappa shape index (κ1) is 11.5. The summed E-state index contributed by atoms with van der Waals surface area (Å²) in [7, 11) is 2.21. The standard InChI is InChI=1S/C14H22N2/c1-11-5-4-6-13(9-11)16(3)14-10-15-8-7-12(14)2/h4-6,9,12,14-15H,7-8,10H2,1-3H3. The third-order valence-electron chi connectivity index (χ3n) is 3.69. The Morgan fingerprint density at radius 3 is 2.88 bits per heavy atom. The van der Waals surface area contributed by atoms with E-state index in [9.17, 15) is 0 Å². The van der Waals surface area contributed by atoms with Crippen LogP contribution in [0.5, 0.6) is 0 Å². The number of anilines is 1. The van der Waals surface area contributed by atoms with Gasteiger partial charge in [0.15, 0.2) is 0 Å². The van der Waals surface area contributed by atoms with Crippen LogP contribution in [0.15, 0.2) is 24.3 Å². The lowest BCUT2D eigenvalue weighted by Crippen LogP contribution is -2.49. The maximum Gasteiger partial charge on any atom is 0.0437 e. The molecule has 16 heavy (non-hydrogen) atoms. The fourth-order valence-electron chi connectivity index (χ4n) is 2.53. The minimum atomic E-state index is 0.621. The molecule has 2 atom stereocenters. The number of nitrogens with zero attached hydrogens (tertiary/aromatic N) is 1. The summed E-state index contributed by atoms with van der Waals surface area (Å²) in [4.78, 5) is 2.42. The summed E-state index contributed by atoms with van der Waals surface area (Å²) in [5.74, 6) is 0.770. The highest BCUT2D eigenvalue weighted by atomic mass is 15.2. The second kappa shape index (κ2) is 4.88. The van der Waals surface area contributed by atoms with E-state index in [0.29, 0.717) is 6.04 Å². The largest absolute Gasteiger partial charge is 0.370 e. The van der Waals surface area contributed by atoms with Crippen LogP contribution >= 0.6 is 0 Å². The van der Waals surface area contributed by atoms with Crippen molar-refractivity contribution in [2.45, 2.75) is 26.3 Å². The molecule has 1 aliphatic rings. The van der Waals surface area contributed by atoms with Gasteiger partial charge in [-0.05, 0) is 43.5 Å². The summed E-state index contributed by atoms with van der Waals surface area (Å²) in [5.41, 5.74) is 2.67. The van der Waals surface area contributed by atoms with Gasteiger partial charge in [0.2, 0.25) is 0 Å². The van der Waals surface area contributed by atoms with Crippen LogP contribution in [0.1, 0.15) is 18.9 Å². The van der Waals surface area contributed by atoms with E-state index in [4.69, 9.17) is 0 Å². The predicted octanol–water partition coefficient (Wildman–Crippen LogP) is 2.43. The maximum atomic E-state index is 3.49. The van der Waals surface area contributed by atoms with E-state index in [1.54, 1.807) is 0 Å². The molecule has 1 aromatic rings. The van der Waals surface area contributed by atoms with E-state index in [1.807, 2.05) is 0 Å². The first-order valence-corrected chi connectivity index (χ1v) is 6.18. The minimum Gasteiger partial charge on any atom is -0.370 e. The monoisotopic (exact) mass is 218 g/mol. The van der Waals surface area contributed by atoms with Crippen molar-refractivity contribution in [3.63, 3.8) is 0 Å². The average molecular weight is 218 g/mol. The van der Waals surface area contributed by atoms with Crippen molar-refractivity contribution in [1.29, 1.82) is 0 Å². The van der Waals surface area contributed by atoms with E-state index in [2.05, 4.69) is 55.4 Å². The van der Waals surface area contributed by atoms with Gasteiger partial charge in [0, 0.05) is 25.3 Å². The summed E-state index contributed by atoms with van der Waals surface area (Å²) in [6.45, 7) is 6.78. The Hall–Kier alpha value is -1.02. The van der Waals surface area contributed by atoms with Gasteiger partial charge < -0.3 is 10.2 Å². The molecule has 2 heteroatoms. The molecule has 1 saturated heterocycles. The van der Waals surface area contributed by atoms with Crippen molar-refractivity contribution in [2.75, 3.05) is 25.0 Å². The average Bonchev–Trinajstić information content (AvgIpc) is 2.29. The number of rotatable bonds is 2. The maximum absolute atomic E-state index is 3.49. The Kier molecular flexibility index (Phi) is 3.49. The number of piperidine rings is 1. The molecule has 1 aromatic carbocycles. The Bertz CT molecular complexity index is 348. The second-order valence-corrected chi connectivity index (χ2v) is 4.99. The van der Waals surface area contributed by atoms with E-state index in [0.717, 1.165) is 12.5 Å². The summed E-state index contributed by atoms with van der Waals surface area (Å²) in [6, 6.07) is 9.38. The van der Waals surface area contributed by atoms with Crippen LogP contribution in [0, 0.1) is 12.8 Å². The number of aryl methyl sites for hydroxylation is 1. The van der Waals surface area contributed by atoms with E-state index in [1.165, 1.54) is 24.2 Å². The van der Waals surface area contributed by atoms with Crippen LogP contribution < -0.4 is 10.2 Å². The van der Waals surface area contributed by atoms with Crippen molar-refractivity contribution >= 4 is 5.69 Å². The van der Waals surface area contributed by atoms with Gasteiger partial charge in [-0.3, -0.25) is 0 Å². The van der Waals surface area contributed by atoms with Crippen LogP contribution in [-0.4, -0.2) is 26.2 Å². The van der Waals surface area contributed by atoms with E-state index >= 15 is 0 Å². The van der Waals surface area contributed by atoms with E-state index in [-0.39, 0.29) is 0 Å². The van der Waals surface area contributed by atoms with Crippen molar-refractivity contribution in [3.8, 4) is 0 Å². The highest BCUT2D eigenvalue weighted by molar-refractivity contribution is 5.48. The van der Waals surface area contributed by atoms with Crippen molar-refractivity contribution in [2.24, 2.45) is 5.92 Å². The Morgan fingerprint density at radius 2 is 2.19 bits per heavy atom. The highest BCUT2D eigenvalue weighted by Gasteiger charge is 2.24. The van der Waals surface area contributed by atoms with Crippen molar-refractivity contribution in [1.82, 2.24) is 5.32 Å². The zero-order valence-electron chi connectivity index (χ0n) is 10.5. The van der Waals surface area contributed by atoms with Gasteiger partial charge in [-0.1, -0.05) is 19.1 Å². The fourth-order valence-corrected chi connectivity index (χ4v) is 2.53. The number of nitrogens with one attached hydrogen (secondary N) is 1. The summed E-state index contributed by atoms with van der Waals surface area (Å²) in [5, 5.41) is 3.49. The predicted molar refractivity (Wildman–Crippen MR) is 70.0 cm³/mol. The third-order valence-corrected chi connectivity index (χ3v) is 3.69. The van der Waals surface area contributed by atoms with Crippen molar-refractivity contribution < 1.29 is 0 Å². The Labute approximate surface area is 98.7 Å². The van der Waals surface area contributed by atoms with Crippen molar-refractivity contribution in [3.05, 3.63) is 29.8 Å². The molecule has 2 unspecified atom stereocenters. The highest BCUT2D eigenvalue weighted by Crippen LogP contribution is 2.23. The SMILES string of the molecule is Cc1cccc(N(C)C2CNCCC2C)c1. The molecule has 0 aromatic heterocycles. The summed E-state index contributed by atoms with van der Waals surface area (Å²) >= 11 is 0. The number of hydrogen-bond donors (Lipinski definition) is 1. The number of hydrogen-bond acceptors (Lipinski definition) is 2. The Balaban J connectivity index is 2.14. The van der Waals surface area contributed by atoms with E-state index < -0.39 is 0 Å². The van der Waals surface area contributed by atoms with Gasteiger partial charge in [0.05, 0.1) is 0 Å². The lowest BCUT2D eigenvalue weighted by Gasteiger charge is -2.38. The van der Waals surface area contributed by atoms with Crippen LogP contribution in [0.4, 0.5) is 5.69 Å². The molecule has 1 N–H and O–H groups in total. The van der Waals surface area contributed by atoms with Gasteiger partial charge in [-0.25, -0.2) is 0 Å². The normalized spacial score (nSPS) is 25.4. The zero-order valence-corrected chi connectivity index (χ0v) is 10.5. The lowest BCUT2D eigenvalue weighted by molar-refractivity contribution is 0.338. The number of likely N-dealkylation sites (N-methyl/N-ethyl adjacent to an activating group) is 1. The Morgan fingerprint density at radius 1 is 1.38 bits per heavy atom. The lowest BCUT2D eigenvalue weighted by atomic mass is 9.93. The van der Waals surface area contributed by atoms with Gasteiger partial charge >= 0.3 is 0 Å². The van der Waals surface area contributed by atoms with Gasteiger partial charge in [0.25, 0.3) is 0 Å².